The van der Waals surface area contributed by atoms with Crippen LogP contribution in [0.2, 0.25) is 0 Å². The first-order valence-corrected chi connectivity index (χ1v) is 6.78. The van der Waals surface area contributed by atoms with Crippen molar-refractivity contribution in [3.05, 3.63) is 36.3 Å². The van der Waals surface area contributed by atoms with Crippen molar-refractivity contribution in [2.45, 2.75) is 5.75 Å². The fraction of sp³-hybridized carbons (Fsp3) is 0.417. The van der Waals surface area contributed by atoms with E-state index in [1.807, 2.05) is 36.2 Å². The Labute approximate surface area is 99.3 Å². The van der Waals surface area contributed by atoms with Crippen LogP contribution in [-0.4, -0.2) is 28.2 Å². The van der Waals surface area contributed by atoms with Crippen LogP contribution < -0.4 is 5.32 Å². The van der Waals surface area contributed by atoms with E-state index < -0.39 is 0 Å². The predicted octanol–water partition coefficient (Wildman–Crippen LogP) is 1.79. The molecular weight excluding hydrogens is 218 g/mol. The Morgan fingerprint density at radius 1 is 1.44 bits per heavy atom. The lowest BCUT2D eigenvalue weighted by Gasteiger charge is -2.26. The van der Waals surface area contributed by atoms with Crippen LogP contribution in [-0.2, 0) is 5.75 Å². The largest absolute Gasteiger partial charge is 0.316 e. The van der Waals surface area contributed by atoms with Crippen molar-refractivity contribution in [3.8, 4) is 0 Å². The maximum atomic E-state index is 4.58. The molecule has 84 valence electrons. The van der Waals surface area contributed by atoms with Crippen LogP contribution >= 0.6 is 11.8 Å². The molecule has 0 atom stereocenters. The van der Waals surface area contributed by atoms with E-state index in [4.69, 9.17) is 0 Å². The molecule has 1 N–H and O–H groups in total. The van der Waals surface area contributed by atoms with Gasteiger partial charge in [-0.25, -0.2) is 4.98 Å². The van der Waals surface area contributed by atoms with Gasteiger partial charge in [0, 0.05) is 18.1 Å². The smallest absolute Gasteiger partial charge is 0.137 e. The van der Waals surface area contributed by atoms with Crippen molar-refractivity contribution in [3.63, 3.8) is 0 Å². The van der Waals surface area contributed by atoms with Crippen LogP contribution in [0.25, 0.3) is 5.65 Å². The van der Waals surface area contributed by atoms with E-state index in [9.17, 15) is 0 Å². The lowest BCUT2D eigenvalue weighted by molar-refractivity contribution is 0.385. The normalized spacial score (nSPS) is 16.5. The lowest BCUT2D eigenvalue weighted by atomic mass is 10.1. The van der Waals surface area contributed by atoms with Gasteiger partial charge in [0.15, 0.2) is 0 Å². The standard InChI is InChI=1S/C12H15N3S/c1-2-4-15-7-11(14-12(15)3-1)9-16-8-10-5-13-6-10/h1-4,7,10,13H,5-6,8-9H2. The summed E-state index contributed by atoms with van der Waals surface area (Å²) in [6.07, 6.45) is 4.17. The van der Waals surface area contributed by atoms with Gasteiger partial charge in [-0.2, -0.15) is 11.8 Å². The maximum absolute atomic E-state index is 4.58. The topological polar surface area (TPSA) is 29.3 Å². The third kappa shape index (κ3) is 2.08. The summed E-state index contributed by atoms with van der Waals surface area (Å²) in [6.45, 7) is 2.39. The number of aromatic nitrogens is 2. The SMILES string of the molecule is c1ccn2cc(CSCC3CNC3)nc2c1. The molecule has 0 aliphatic carbocycles. The van der Waals surface area contributed by atoms with Crippen LogP contribution in [0.3, 0.4) is 0 Å². The third-order valence-corrected chi connectivity index (χ3v) is 4.09. The van der Waals surface area contributed by atoms with Gasteiger partial charge in [-0.15, -0.1) is 0 Å². The van der Waals surface area contributed by atoms with E-state index in [0.717, 1.165) is 17.3 Å². The van der Waals surface area contributed by atoms with Crippen molar-refractivity contribution >= 4 is 17.4 Å². The summed E-state index contributed by atoms with van der Waals surface area (Å²) in [5, 5.41) is 3.30. The quantitative estimate of drug-likeness (QED) is 0.873. The molecule has 2 aromatic heterocycles. The Bertz CT molecular complexity index is 443. The van der Waals surface area contributed by atoms with E-state index in [1.54, 1.807) is 0 Å². The Morgan fingerprint density at radius 2 is 2.38 bits per heavy atom. The van der Waals surface area contributed by atoms with Gasteiger partial charge >= 0.3 is 0 Å². The summed E-state index contributed by atoms with van der Waals surface area (Å²) in [5.74, 6) is 3.15. The van der Waals surface area contributed by atoms with Gasteiger partial charge in [-0.1, -0.05) is 6.07 Å². The van der Waals surface area contributed by atoms with Crippen molar-refractivity contribution in [1.29, 1.82) is 0 Å². The first-order valence-electron chi connectivity index (χ1n) is 5.63. The Hall–Kier alpha value is -1.00. The first kappa shape index (κ1) is 10.2. The molecule has 3 heterocycles. The molecule has 1 aliphatic rings. The monoisotopic (exact) mass is 233 g/mol. The minimum Gasteiger partial charge on any atom is -0.316 e. The van der Waals surface area contributed by atoms with Crippen LogP contribution in [0, 0.1) is 5.92 Å². The molecule has 4 heteroatoms. The van der Waals surface area contributed by atoms with E-state index in [1.165, 1.54) is 24.5 Å². The molecular formula is C12H15N3S. The molecule has 0 bridgehead atoms. The Kier molecular flexibility index (Phi) is 2.84. The van der Waals surface area contributed by atoms with Crippen LogP contribution in [0.5, 0.6) is 0 Å². The average molecular weight is 233 g/mol. The Morgan fingerprint density at radius 3 is 3.12 bits per heavy atom. The Balaban J connectivity index is 1.60. The van der Waals surface area contributed by atoms with Crippen molar-refractivity contribution in [1.82, 2.24) is 14.7 Å². The van der Waals surface area contributed by atoms with E-state index in [-0.39, 0.29) is 0 Å². The zero-order chi connectivity index (χ0) is 10.8. The van der Waals surface area contributed by atoms with Crippen LogP contribution in [0.15, 0.2) is 30.6 Å². The van der Waals surface area contributed by atoms with Crippen molar-refractivity contribution < 1.29 is 0 Å². The summed E-state index contributed by atoms with van der Waals surface area (Å²) in [4.78, 5) is 4.58. The fourth-order valence-corrected chi connectivity index (χ4v) is 2.89. The summed E-state index contributed by atoms with van der Waals surface area (Å²) in [7, 11) is 0. The van der Waals surface area contributed by atoms with Crippen LogP contribution in [0.1, 0.15) is 5.69 Å². The first-order chi connectivity index (χ1) is 7.92. The summed E-state index contributed by atoms with van der Waals surface area (Å²) in [6, 6.07) is 6.11. The van der Waals surface area contributed by atoms with Crippen molar-refractivity contribution in [2.75, 3.05) is 18.8 Å². The average Bonchev–Trinajstić information content (AvgIpc) is 2.64. The second-order valence-corrected chi connectivity index (χ2v) is 5.27. The van der Waals surface area contributed by atoms with E-state index >= 15 is 0 Å². The molecule has 1 aliphatic heterocycles. The number of nitrogens with zero attached hydrogens (tertiary/aromatic N) is 2. The van der Waals surface area contributed by atoms with Gasteiger partial charge in [0.25, 0.3) is 0 Å². The highest BCUT2D eigenvalue weighted by atomic mass is 32.2. The number of hydrogen-bond donors (Lipinski definition) is 1. The molecule has 3 nitrogen and oxygen atoms in total. The molecule has 1 fully saturated rings. The fourth-order valence-electron chi connectivity index (χ4n) is 1.85. The summed E-state index contributed by atoms with van der Waals surface area (Å²) < 4.78 is 2.08. The van der Waals surface area contributed by atoms with Gasteiger partial charge < -0.3 is 9.72 Å². The van der Waals surface area contributed by atoms with Gasteiger partial charge in [-0.3, -0.25) is 0 Å². The minimum atomic E-state index is 0.877. The maximum Gasteiger partial charge on any atom is 0.137 e. The number of pyridine rings is 1. The minimum absolute atomic E-state index is 0.877. The van der Waals surface area contributed by atoms with E-state index in [0.29, 0.717) is 0 Å². The van der Waals surface area contributed by atoms with Gasteiger partial charge in [-0.05, 0) is 36.9 Å². The van der Waals surface area contributed by atoms with Gasteiger partial charge in [0.2, 0.25) is 0 Å². The second-order valence-electron chi connectivity index (χ2n) is 4.24. The molecule has 3 rings (SSSR count). The highest BCUT2D eigenvalue weighted by Crippen LogP contribution is 2.17. The van der Waals surface area contributed by atoms with E-state index in [2.05, 4.69) is 20.9 Å². The third-order valence-electron chi connectivity index (χ3n) is 2.88. The number of thioether (sulfide) groups is 1. The highest BCUT2D eigenvalue weighted by Gasteiger charge is 2.16. The number of imidazole rings is 1. The van der Waals surface area contributed by atoms with Crippen LogP contribution in [0.4, 0.5) is 0 Å². The zero-order valence-electron chi connectivity index (χ0n) is 9.10. The second kappa shape index (κ2) is 4.47. The number of rotatable bonds is 4. The molecule has 0 spiro atoms. The molecule has 0 unspecified atom stereocenters. The molecule has 1 saturated heterocycles. The van der Waals surface area contributed by atoms with Crippen molar-refractivity contribution in [2.24, 2.45) is 5.92 Å². The number of hydrogen-bond acceptors (Lipinski definition) is 3. The molecule has 2 aromatic rings. The lowest BCUT2D eigenvalue weighted by Crippen LogP contribution is -2.43. The summed E-state index contributed by atoms with van der Waals surface area (Å²) in [5.41, 5.74) is 2.23. The molecule has 0 aromatic carbocycles. The predicted molar refractivity (Wildman–Crippen MR) is 67.7 cm³/mol. The molecule has 0 amide bonds. The zero-order valence-corrected chi connectivity index (χ0v) is 9.91. The van der Waals surface area contributed by atoms with Gasteiger partial charge in [0.1, 0.15) is 5.65 Å². The molecule has 0 saturated carbocycles. The molecule has 16 heavy (non-hydrogen) atoms. The summed E-state index contributed by atoms with van der Waals surface area (Å²) >= 11 is 1.99. The number of fused-ring (bicyclic) bond motifs is 1. The number of nitrogens with one attached hydrogen (secondary N) is 1. The highest BCUT2D eigenvalue weighted by molar-refractivity contribution is 7.98. The van der Waals surface area contributed by atoms with Gasteiger partial charge in [0.05, 0.1) is 5.69 Å². The molecule has 0 radical (unpaired) electrons.